The van der Waals surface area contributed by atoms with E-state index in [0.717, 1.165) is 10.5 Å². The van der Waals surface area contributed by atoms with Gasteiger partial charge in [-0.1, -0.05) is 6.07 Å². The smallest absolute Gasteiger partial charge is 0.269 e. The third-order valence-corrected chi connectivity index (χ3v) is 5.73. The van der Waals surface area contributed by atoms with Gasteiger partial charge in [0.05, 0.1) is 17.3 Å². The van der Waals surface area contributed by atoms with Crippen molar-refractivity contribution in [1.82, 2.24) is 25.7 Å². The lowest BCUT2D eigenvalue weighted by atomic mass is 10.0. The molecule has 1 fully saturated rings. The summed E-state index contributed by atoms with van der Waals surface area (Å²) in [6, 6.07) is 3.94. The van der Waals surface area contributed by atoms with E-state index in [-0.39, 0.29) is 29.9 Å². The number of H-pyrrole nitrogens is 1. The molecule has 0 bridgehead atoms. The Morgan fingerprint density at radius 3 is 2.67 bits per heavy atom. The van der Waals surface area contributed by atoms with Crippen LogP contribution in [0.3, 0.4) is 0 Å². The number of aryl methyl sites for hydroxylation is 1. The van der Waals surface area contributed by atoms with Gasteiger partial charge in [-0.2, -0.15) is 5.10 Å². The molecule has 4 N–H and O–H groups in total. The molecule has 5 amide bonds. The van der Waals surface area contributed by atoms with Gasteiger partial charge in [0.15, 0.2) is 0 Å². The molecule has 4 rings (SSSR count). The number of hydrogen-bond donors (Lipinski definition) is 4. The maximum atomic E-state index is 13.0. The molecule has 0 radical (unpaired) electrons. The highest BCUT2D eigenvalue weighted by Gasteiger charge is 2.45. The van der Waals surface area contributed by atoms with E-state index in [1.54, 1.807) is 31.3 Å². The molecule has 1 unspecified atom stereocenters. The maximum Gasteiger partial charge on any atom is 0.269 e. The topological polar surface area (TPSA) is 153 Å². The molecule has 1 aromatic heterocycles. The zero-order valence-electron chi connectivity index (χ0n) is 18.1. The lowest BCUT2D eigenvalue weighted by molar-refractivity contribution is -0.136. The molecule has 1 aromatic carbocycles. The Labute approximate surface area is 189 Å². The van der Waals surface area contributed by atoms with E-state index in [2.05, 4.69) is 26.1 Å². The Kier molecular flexibility index (Phi) is 6.20. The van der Waals surface area contributed by atoms with Crippen LogP contribution in [0.5, 0.6) is 0 Å². The number of nitrogens with zero attached hydrogens (tertiary/aromatic N) is 2. The number of fused-ring (bicyclic) bond motifs is 1. The van der Waals surface area contributed by atoms with Crippen LogP contribution in [0.2, 0.25) is 0 Å². The van der Waals surface area contributed by atoms with Crippen LogP contribution in [-0.4, -0.2) is 63.8 Å². The first-order chi connectivity index (χ1) is 15.9. The minimum atomic E-state index is -0.995. The molecule has 1 atom stereocenters. The van der Waals surface area contributed by atoms with Gasteiger partial charge in [-0.25, -0.2) is 0 Å². The third-order valence-electron chi connectivity index (χ3n) is 5.73. The molecule has 2 aliphatic rings. The van der Waals surface area contributed by atoms with Gasteiger partial charge in [0.1, 0.15) is 11.7 Å². The lowest BCUT2D eigenvalue weighted by Crippen LogP contribution is -2.54. The van der Waals surface area contributed by atoms with Gasteiger partial charge in [0.25, 0.3) is 17.7 Å². The number of amides is 5. The van der Waals surface area contributed by atoms with Crippen LogP contribution in [-0.2, 0) is 9.59 Å². The summed E-state index contributed by atoms with van der Waals surface area (Å²) in [6.07, 6.45) is 3.19. The van der Waals surface area contributed by atoms with Crippen LogP contribution >= 0.6 is 0 Å². The highest BCUT2D eigenvalue weighted by Crippen LogP contribution is 2.32. The number of aromatic nitrogens is 2. The van der Waals surface area contributed by atoms with Crippen molar-refractivity contribution in [2.45, 2.75) is 38.6 Å². The van der Waals surface area contributed by atoms with Crippen molar-refractivity contribution >= 4 is 35.2 Å². The van der Waals surface area contributed by atoms with Crippen LogP contribution in [0, 0.1) is 6.92 Å². The monoisotopic (exact) mass is 452 g/mol. The number of piperidine rings is 1. The summed E-state index contributed by atoms with van der Waals surface area (Å²) in [4.78, 5) is 62.5. The number of rotatable bonds is 8. The van der Waals surface area contributed by atoms with Crippen molar-refractivity contribution in [3.63, 3.8) is 0 Å². The lowest BCUT2D eigenvalue weighted by Gasteiger charge is -2.27. The van der Waals surface area contributed by atoms with Crippen molar-refractivity contribution in [3.8, 4) is 0 Å². The maximum absolute atomic E-state index is 13.0. The second kappa shape index (κ2) is 9.23. The first-order valence-corrected chi connectivity index (χ1v) is 10.7. The average Bonchev–Trinajstić information content (AvgIpc) is 3.32. The van der Waals surface area contributed by atoms with E-state index < -0.39 is 29.7 Å². The Bertz CT molecular complexity index is 1140. The van der Waals surface area contributed by atoms with Crippen molar-refractivity contribution in [2.75, 3.05) is 18.4 Å². The molecular weight excluding hydrogens is 428 g/mol. The summed E-state index contributed by atoms with van der Waals surface area (Å²) in [6.45, 7) is 2.80. The van der Waals surface area contributed by atoms with Gasteiger partial charge in [-0.05, 0) is 43.9 Å². The van der Waals surface area contributed by atoms with E-state index in [9.17, 15) is 24.0 Å². The van der Waals surface area contributed by atoms with Gasteiger partial charge >= 0.3 is 0 Å². The molecular formula is C22H24N6O5. The van der Waals surface area contributed by atoms with E-state index in [0.29, 0.717) is 37.3 Å². The predicted octanol–water partition coefficient (Wildman–Crippen LogP) is 0.741. The normalized spacial score (nSPS) is 17.7. The van der Waals surface area contributed by atoms with Crippen molar-refractivity contribution < 1.29 is 24.0 Å². The van der Waals surface area contributed by atoms with Crippen LogP contribution < -0.4 is 16.0 Å². The Morgan fingerprint density at radius 2 is 1.94 bits per heavy atom. The van der Waals surface area contributed by atoms with Crippen molar-refractivity contribution in [1.29, 1.82) is 0 Å². The van der Waals surface area contributed by atoms with E-state index in [1.807, 2.05) is 0 Å². The minimum Gasteiger partial charge on any atom is -0.384 e. The molecule has 2 aromatic rings. The number of carbonyl (C=O) groups excluding carboxylic acids is 5. The van der Waals surface area contributed by atoms with Crippen LogP contribution in [0.25, 0.3) is 0 Å². The summed E-state index contributed by atoms with van der Waals surface area (Å²) < 4.78 is 0. The summed E-state index contributed by atoms with van der Waals surface area (Å²) in [7, 11) is 0. The first-order valence-electron chi connectivity index (χ1n) is 10.7. The SMILES string of the molecule is Cc1cn[nH]c1C(=O)NCCCCNc1cccc2c1C(=O)N(C1CCC(=O)NC1=O)C2=O. The number of imide groups is 2. The number of aromatic amines is 1. The summed E-state index contributed by atoms with van der Waals surface area (Å²) in [5.74, 6) is -2.34. The fourth-order valence-electron chi connectivity index (χ4n) is 4.00. The summed E-state index contributed by atoms with van der Waals surface area (Å²) >= 11 is 0. The molecule has 1 saturated heterocycles. The van der Waals surface area contributed by atoms with Crippen LogP contribution in [0.4, 0.5) is 5.69 Å². The fourth-order valence-corrected chi connectivity index (χ4v) is 4.00. The van der Waals surface area contributed by atoms with Crippen LogP contribution in [0.15, 0.2) is 24.4 Å². The fraction of sp³-hybridized carbons (Fsp3) is 0.364. The predicted molar refractivity (Wildman–Crippen MR) is 116 cm³/mol. The summed E-state index contributed by atoms with van der Waals surface area (Å²) in [5.41, 5.74) is 2.19. The highest BCUT2D eigenvalue weighted by atomic mass is 16.2. The molecule has 0 saturated carbocycles. The van der Waals surface area contributed by atoms with Gasteiger partial charge in [-0.15, -0.1) is 0 Å². The Morgan fingerprint density at radius 1 is 1.15 bits per heavy atom. The van der Waals surface area contributed by atoms with Crippen molar-refractivity contribution in [3.05, 3.63) is 46.8 Å². The van der Waals surface area contributed by atoms with Gasteiger partial charge in [-0.3, -0.25) is 39.3 Å². The zero-order valence-corrected chi connectivity index (χ0v) is 18.1. The minimum absolute atomic E-state index is 0.0748. The molecule has 33 heavy (non-hydrogen) atoms. The number of nitrogens with one attached hydrogen (secondary N) is 4. The summed E-state index contributed by atoms with van der Waals surface area (Å²) in [5, 5.41) is 14.7. The van der Waals surface area contributed by atoms with Gasteiger partial charge in [0.2, 0.25) is 11.8 Å². The number of anilines is 1. The zero-order chi connectivity index (χ0) is 23.5. The van der Waals surface area contributed by atoms with E-state index in [4.69, 9.17) is 0 Å². The van der Waals surface area contributed by atoms with Gasteiger partial charge < -0.3 is 10.6 Å². The molecule has 11 nitrogen and oxygen atoms in total. The molecule has 2 aliphatic heterocycles. The van der Waals surface area contributed by atoms with E-state index in [1.165, 1.54) is 0 Å². The molecule has 3 heterocycles. The average molecular weight is 452 g/mol. The third kappa shape index (κ3) is 4.34. The largest absolute Gasteiger partial charge is 0.384 e. The second-order valence-corrected chi connectivity index (χ2v) is 7.99. The quantitative estimate of drug-likeness (QED) is 0.340. The molecule has 0 spiro atoms. The number of hydrogen-bond acceptors (Lipinski definition) is 7. The second-order valence-electron chi connectivity index (χ2n) is 7.99. The van der Waals surface area contributed by atoms with E-state index >= 15 is 0 Å². The first kappa shape index (κ1) is 22.2. The number of benzene rings is 1. The Balaban J connectivity index is 1.32. The standard InChI is InChI=1S/C22H24N6O5/c1-12-11-25-27-18(12)20(31)24-10-3-2-9-23-14-6-4-5-13-17(14)22(33)28(21(13)32)15-7-8-16(29)26-19(15)30/h4-6,11,15,23H,2-3,7-10H2,1H3,(H,24,31)(H,25,27)(H,26,29,30). The highest BCUT2D eigenvalue weighted by molar-refractivity contribution is 6.25. The number of carbonyl (C=O) groups is 5. The molecule has 172 valence electrons. The number of unbranched alkanes of at least 4 members (excludes halogenated alkanes) is 1. The molecule has 0 aliphatic carbocycles. The molecule has 11 heteroatoms. The van der Waals surface area contributed by atoms with Gasteiger partial charge in [0, 0.05) is 25.2 Å². The Hall–Kier alpha value is -4.02. The van der Waals surface area contributed by atoms with Crippen LogP contribution in [0.1, 0.15) is 62.5 Å². The van der Waals surface area contributed by atoms with Crippen molar-refractivity contribution in [2.24, 2.45) is 0 Å².